The average molecular weight is 445 g/mol. The highest BCUT2D eigenvalue weighted by molar-refractivity contribution is 8.26. The fourth-order valence-electron chi connectivity index (χ4n) is 4.15. The lowest BCUT2D eigenvalue weighted by Gasteiger charge is -2.35. The topological polar surface area (TPSA) is 69.3 Å². The summed E-state index contributed by atoms with van der Waals surface area (Å²) >= 11 is 6.75. The maximum atomic E-state index is 13.1. The number of rotatable bonds is 4. The molecule has 3 heterocycles. The molecule has 2 aliphatic heterocycles. The summed E-state index contributed by atoms with van der Waals surface area (Å²) < 4.78 is 2.11. The van der Waals surface area contributed by atoms with E-state index < -0.39 is 0 Å². The summed E-state index contributed by atoms with van der Waals surface area (Å²) in [5, 5.41) is 9.59. The van der Waals surface area contributed by atoms with Crippen LogP contribution >= 0.6 is 24.0 Å². The van der Waals surface area contributed by atoms with Gasteiger partial charge in [-0.25, -0.2) is 0 Å². The number of pyridine rings is 1. The van der Waals surface area contributed by atoms with Crippen LogP contribution in [-0.4, -0.2) is 38.8 Å². The Labute approximate surface area is 187 Å². The van der Waals surface area contributed by atoms with Crippen molar-refractivity contribution < 1.29 is 4.79 Å². The lowest BCUT2D eigenvalue weighted by molar-refractivity contribution is -0.123. The largest absolute Gasteiger partial charge is 0.357 e. The van der Waals surface area contributed by atoms with Crippen LogP contribution in [0, 0.1) is 24.2 Å². The molecule has 0 aromatic carbocycles. The SMILES string of the molecule is CCC(C)N1C(=O)C(=Cc2c(C)c(C#N)c(=O)n(C)c2N2CCCC(C)C2)SC1=S. The average Bonchev–Trinajstić information content (AvgIpc) is 2.99. The van der Waals surface area contributed by atoms with Gasteiger partial charge in [0.05, 0.1) is 4.91 Å². The van der Waals surface area contributed by atoms with Gasteiger partial charge in [0.2, 0.25) is 0 Å². The summed E-state index contributed by atoms with van der Waals surface area (Å²) in [5.74, 6) is 1.18. The van der Waals surface area contributed by atoms with Gasteiger partial charge in [0.25, 0.3) is 11.5 Å². The van der Waals surface area contributed by atoms with E-state index in [-0.39, 0.29) is 23.1 Å². The predicted molar refractivity (Wildman–Crippen MR) is 127 cm³/mol. The molecule has 8 heteroatoms. The van der Waals surface area contributed by atoms with Gasteiger partial charge in [-0.05, 0) is 50.7 Å². The van der Waals surface area contributed by atoms with Crippen molar-refractivity contribution in [1.29, 1.82) is 5.26 Å². The highest BCUT2D eigenvalue weighted by Crippen LogP contribution is 2.37. The molecule has 2 unspecified atom stereocenters. The Morgan fingerprint density at radius 3 is 2.70 bits per heavy atom. The van der Waals surface area contributed by atoms with Crippen LogP contribution in [0.3, 0.4) is 0 Å². The summed E-state index contributed by atoms with van der Waals surface area (Å²) in [7, 11) is 1.71. The van der Waals surface area contributed by atoms with E-state index in [1.165, 1.54) is 11.8 Å². The summed E-state index contributed by atoms with van der Waals surface area (Å²) in [6.07, 6.45) is 4.84. The lowest BCUT2D eigenvalue weighted by Crippen LogP contribution is -2.39. The normalized spacial score (nSPS) is 22.0. The van der Waals surface area contributed by atoms with Crippen LogP contribution < -0.4 is 10.5 Å². The molecule has 2 atom stereocenters. The van der Waals surface area contributed by atoms with Gasteiger partial charge < -0.3 is 4.90 Å². The smallest absolute Gasteiger partial charge is 0.270 e. The molecule has 160 valence electrons. The van der Waals surface area contributed by atoms with Gasteiger partial charge in [-0.3, -0.25) is 19.1 Å². The molecule has 2 aliphatic rings. The number of hydrogen-bond acceptors (Lipinski definition) is 6. The van der Waals surface area contributed by atoms with E-state index in [1.54, 1.807) is 23.4 Å². The maximum absolute atomic E-state index is 13.1. The van der Waals surface area contributed by atoms with Crippen molar-refractivity contribution in [3.05, 3.63) is 31.9 Å². The predicted octanol–water partition coefficient (Wildman–Crippen LogP) is 3.80. The van der Waals surface area contributed by atoms with Gasteiger partial charge >= 0.3 is 0 Å². The van der Waals surface area contributed by atoms with E-state index in [4.69, 9.17) is 12.2 Å². The number of hydrogen-bond donors (Lipinski definition) is 0. The van der Waals surface area contributed by atoms with E-state index in [1.807, 2.05) is 19.9 Å². The van der Waals surface area contributed by atoms with Crippen LogP contribution in [0.2, 0.25) is 0 Å². The number of carbonyl (C=O) groups is 1. The highest BCUT2D eigenvalue weighted by atomic mass is 32.2. The molecule has 30 heavy (non-hydrogen) atoms. The number of thioether (sulfide) groups is 1. The van der Waals surface area contributed by atoms with Crippen molar-refractivity contribution in [3.63, 3.8) is 0 Å². The molecule has 6 nitrogen and oxygen atoms in total. The molecule has 1 amide bonds. The molecule has 2 fully saturated rings. The first-order chi connectivity index (χ1) is 14.2. The molecule has 1 aromatic rings. The lowest BCUT2D eigenvalue weighted by atomic mass is 9.98. The number of nitriles is 1. The van der Waals surface area contributed by atoms with Gasteiger partial charge in [-0.2, -0.15) is 5.26 Å². The Kier molecular flexibility index (Phi) is 6.73. The third-order valence-corrected chi connectivity index (χ3v) is 7.39. The van der Waals surface area contributed by atoms with Crippen molar-refractivity contribution in [1.82, 2.24) is 9.47 Å². The van der Waals surface area contributed by atoms with Gasteiger partial charge in [0.15, 0.2) is 0 Å². The van der Waals surface area contributed by atoms with Crippen molar-refractivity contribution in [2.75, 3.05) is 18.0 Å². The second kappa shape index (κ2) is 8.94. The zero-order valence-electron chi connectivity index (χ0n) is 18.2. The van der Waals surface area contributed by atoms with Crippen molar-refractivity contribution in [3.8, 4) is 6.07 Å². The molecule has 3 rings (SSSR count). The molecule has 2 saturated heterocycles. The van der Waals surface area contributed by atoms with E-state index in [2.05, 4.69) is 17.9 Å². The number of nitrogens with zero attached hydrogens (tertiary/aromatic N) is 4. The minimum Gasteiger partial charge on any atom is -0.357 e. The second-order valence-electron chi connectivity index (χ2n) is 8.22. The first-order valence-corrected chi connectivity index (χ1v) is 11.6. The summed E-state index contributed by atoms with van der Waals surface area (Å²) in [6.45, 7) is 9.69. The molecule has 0 saturated carbocycles. The van der Waals surface area contributed by atoms with E-state index >= 15 is 0 Å². The molecule has 0 spiro atoms. The Hall–Kier alpha value is -2.11. The van der Waals surface area contributed by atoms with Crippen LogP contribution in [0.1, 0.15) is 56.7 Å². The van der Waals surface area contributed by atoms with Crippen LogP contribution in [0.25, 0.3) is 6.08 Å². The zero-order valence-corrected chi connectivity index (χ0v) is 19.8. The number of piperidine rings is 1. The Morgan fingerprint density at radius 2 is 2.10 bits per heavy atom. The van der Waals surface area contributed by atoms with Crippen LogP contribution in [0.15, 0.2) is 9.70 Å². The van der Waals surface area contributed by atoms with Crippen LogP contribution in [0.5, 0.6) is 0 Å². The molecular formula is C22H28N4O2S2. The highest BCUT2D eigenvalue weighted by Gasteiger charge is 2.35. The second-order valence-corrected chi connectivity index (χ2v) is 9.89. The van der Waals surface area contributed by atoms with Gasteiger partial charge in [0, 0.05) is 31.7 Å². The van der Waals surface area contributed by atoms with E-state index in [0.29, 0.717) is 20.7 Å². The Bertz CT molecular complexity index is 1020. The minimum absolute atomic E-state index is 0.0294. The summed E-state index contributed by atoms with van der Waals surface area (Å²) in [4.78, 5) is 30.3. The third kappa shape index (κ3) is 3.93. The first kappa shape index (κ1) is 22.6. The van der Waals surface area contributed by atoms with Crippen molar-refractivity contribution in [2.45, 2.75) is 53.0 Å². The molecule has 0 aliphatic carbocycles. The number of anilines is 1. The van der Waals surface area contributed by atoms with Crippen LogP contribution in [0.4, 0.5) is 5.82 Å². The van der Waals surface area contributed by atoms with Crippen molar-refractivity contribution >= 4 is 46.1 Å². The standard InChI is InChI=1S/C22H28N4O2S2/c1-6-14(3)26-21(28)18(30-22(26)29)10-16-15(4)17(11-23)20(27)24(5)19(16)25-9-7-8-13(2)12-25/h10,13-14H,6-9,12H2,1-5H3. The first-order valence-electron chi connectivity index (χ1n) is 10.4. The van der Waals surface area contributed by atoms with Crippen molar-refractivity contribution in [2.24, 2.45) is 13.0 Å². The summed E-state index contributed by atoms with van der Waals surface area (Å²) in [6, 6.07) is 2.09. The fourth-order valence-corrected chi connectivity index (χ4v) is 5.59. The van der Waals surface area contributed by atoms with Gasteiger partial charge in [-0.15, -0.1) is 0 Å². The zero-order chi connectivity index (χ0) is 22.2. The molecular weight excluding hydrogens is 416 g/mol. The number of aromatic nitrogens is 1. The number of carbonyl (C=O) groups excluding carboxylic acids is 1. The Balaban J connectivity index is 2.19. The Morgan fingerprint density at radius 1 is 1.40 bits per heavy atom. The summed E-state index contributed by atoms with van der Waals surface area (Å²) in [5.41, 5.74) is 1.19. The third-order valence-electron chi connectivity index (χ3n) is 6.06. The van der Waals surface area contributed by atoms with Crippen LogP contribution in [-0.2, 0) is 11.8 Å². The van der Waals surface area contributed by atoms with E-state index in [0.717, 1.165) is 43.7 Å². The quantitative estimate of drug-likeness (QED) is 0.520. The minimum atomic E-state index is -0.299. The maximum Gasteiger partial charge on any atom is 0.270 e. The van der Waals surface area contributed by atoms with Gasteiger partial charge in [-0.1, -0.05) is 37.8 Å². The fraction of sp³-hybridized carbons (Fsp3) is 0.545. The molecule has 0 bridgehead atoms. The van der Waals surface area contributed by atoms with E-state index in [9.17, 15) is 14.9 Å². The van der Waals surface area contributed by atoms with Gasteiger partial charge in [0.1, 0.15) is 21.8 Å². The molecule has 0 radical (unpaired) electrons. The molecule has 1 aromatic heterocycles. The number of thiocarbonyl (C=S) groups is 1. The monoisotopic (exact) mass is 444 g/mol. The number of amides is 1. The molecule has 0 N–H and O–H groups in total.